The Morgan fingerprint density at radius 3 is 0.870 bits per heavy atom. The fraction of sp³-hybridized carbons (Fsp3) is 0.957. The van der Waals surface area contributed by atoms with Gasteiger partial charge < -0.3 is 24.7 Å². The molecule has 0 aromatic heterocycles. The first kappa shape index (κ1) is 52.8. The Morgan fingerprint density at radius 1 is 0.407 bits per heavy atom. The summed E-state index contributed by atoms with van der Waals surface area (Å²) < 4.78 is 1.33. The van der Waals surface area contributed by atoms with Crippen molar-refractivity contribution in [3.05, 3.63) is 0 Å². The molecule has 322 valence electrons. The quantitative estimate of drug-likeness (QED) is 0.0428. The number of carbonyl (C=O) groups is 2. The fourth-order valence-electron chi connectivity index (χ4n) is 7.87. The normalized spacial score (nSPS) is 12.1. The van der Waals surface area contributed by atoms with E-state index in [4.69, 9.17) is 0 Å². The molecule has 3 N–H and O–H groups in total. The molecule has 54 heavy (non-hydrogen) atoms. The van der Waals surface area contributed by atoms with Crippen LogP contribution in [0.4, 0.5) is 0 Å². The average Bonchev–Trinajstić information content (AvgIpc) is 3.10. The molecule has 0 aromatic carbocycles. The number of nitrogens with one attached hydrogen (secondary N) is 2. The highest BCUT2D eigenvalue weighted by molar-refractivity contribution is 5.76. The molecule has 0 aromatic rings. The molecule has 0 radical (unpaired) electrons. The van der Waals surface area contributed by atoms with Crippen LogP contribution in [-0.4, -0.2) is 99.5 Å². The highest BCUT2D eigenvalue weighted by atomic mass is 16.3. The molecule has 0 spiro atoms. The van der Waals surface area contributed by atoms with E-state index in [0.717, 1.165) is 38.8 Å². The molecule has 0 rings (SSSR count). The summed E-state index contributed by atoms with van der Waals surface area (Å²) in [4.78, 5) is 24.8. The Balaban J connectivity index is 3.76. The van der Waals surface area contributed by atoms with Crippen LogP contribution in [0.1, 0.15) is 219 Å². The molecule has 0 aliphatic heterocycles. The number of aliphatic hydroxyl groups is 1. The van der Waals surface area contributed by atoms with Crippen LogP contribution in [0, 0.1) is 0 Å². The number of quaternary nitrogens is 2. The number of hydrogen-bond acceptors (Lipinski definition) is 3. The topological polar surface area (TPSA) is 78.4 Å². The Hall–Kier alpha value is -1.18. The summed E-state index contributed by atoms with van der Waals surface area (Å²) in [5.74, 6) is 0.314. The lowest BCUT2D eigenvalue weighted by Crippen LogP contribution is -2.55. The summed E-state index contributed by atoms with van der Waals surface area (Å²) in [5.41, 5.74) is 0. The van der Waals surface area contributed by atoms with Crippen molar-refractivity contribution >= 4 is 11.8 Å². The second kappa shape index (κ2) is 37.4. The van der Waals surface area contributed by atoms with E-state index in [9.17, 15) is 14.7 Å². The molecule has 0 aliphatic rings. The van der Waals surface area contributed by atoms with Crippen molar-refractivity contribution in [2.45, 2.75) is 225 Å². The van der Waals surface area contributed by atoms with Crippen molar-refractivity contribution in [2.24, 2.45) is 0 Å². The minimum Gasteiger partial charge on any atom is -0.382 e. The van der Waals surface area contributed by atoms with Crippen molar-refractivity contribution in [2.75, 3.05) is 67.5 Å². The molecule has 0 saturated carbocycles. The van der Waals surface area contributed by atoms with E-state index < -0.39 is 6.10 Å². The van der Waals surface area contributed by atoms with E-state index in [1.807, 2.05) is 0 Å². The van der Waals surface area contributed by atoms with Crippen LogP contribution >= 0.6 is 0 Å². The van der Waals surface area contributed by atoms with Crippen LogP contribution in [0.2, 0.25) is 0 Å². The van der Waals surface area contributed by atoms with Crippen LogP contribution in [0.3, 0.4) is 0 Å². The van der Waals surface area contributed by atoms with Crippen molar-refractivity contribution < 1.29 is 23.7 Å². The second-order valence-electron chi connectivity index (χ2n) is 18.4. The number of carbonyl (C=O) groups excluding carboxylic acids is 2. The summed E-state index contributed by atoms with van der Waals surface area (Å²) in [6.45, 7) is 8.72. The highest BCUT2D eigenvalue weighted by Crippen LogP contribution is 2.15. The maximum absolute atomic E-state index is 12.4. The van der Waals surface area contributed by atoms with E-state index in [1.54, 1.807) is 0 Å². The third-order valence-electron chi connectivity index (χ3n) is 11.5. The molecule has 0 bridgehead atoms. The lowest BCUT2D eigenvalue weighted by molar-refractivity contribution is -0.913. The third kappa shape index (κ3) is 39.1. The van der Waals surface area contributed by atoms with Crippen molar-refractivity contribution in [1.82, 2.24) is 10.6 Å². The number of unbranched alkanes of at least 4 members (excludes halogenated alkanes) is 28. The molecule has 0 heterocycles. The van der Waals surface area contributed by atoms with E-state index in [2.05, 4.69) is 52.7 Å². The van der Waals surface area contributed by atoms with E-state index in [-0.39, 0.29) is 11.8 Å². The first-order chi connectivity index (χ1) is 26.0. The first-order valence-electron chi connectivity index (χ1n) is 23.9. The van der Waals surface area contributed by atoms with Crippen LogP contribution < -0.4 is 10.6 Å². The van der Waals surface area contributed by atoms with Gasteiger partial charge in [-0.2, -0.15) is 0 Å². The maximum Gasteiger partial charge on any atom is 0.220 e. The van der Waals surface area contributed by atoms with Crippen molar-refractivity contribution in [1.29, 1.82) is 0 Å². The Bertz CT molecular complexity index is 768. The number of likely N-dealkylation sites (N-methyl/N-ethyl adjacent to an activating group) is 2. The van der Waals surface area contributed by atoms with Crippen LogP contribution in [0.15, 0.2) is 0 Å². The van der Waals surface area contributed by atoms with E-state index in [0.29, 0.717) is 48.0 Å². The van der Waals surface area contributed by atoms with Gasteiger partial charge in [-0.3, -0.25) is 9.59 Å². The Kier molecular flexibility index (Phi) is 36.6. The predicted molar refractivity (Wildman–Crippen MR) is 235 cm³/mol. The molecular weight excluding hydrogens is 669 g/mol. The lowest BCUT2D eigenvalue weighted by Gasteiger charge is -2.36. The summed E-state index contributed by atoms with van der Waals surface area (Å²) in [6, 6.07) is 0. The molecule has 0 atom stereocenters. The van der Waals surface area contributed by atoms with Crippen LogP contribution in [-0.2, 0) is 9.59 Å². The fourth-order valence-corrected chi connectivity index (χ4v) is 7.87. The monoisotopic (exact) mass is 767 g/mol. The highest BCUT2D eigenvalue weighted by Gasteiger charge is 2.27. The van der Waals surface area contributed by atoms with Gasteiger partial charge in [0.2, 0.25) is 11.8 Å². The summed E-state index contributed by atoms with van der Waals surface area (Å²) in [5, 5.41) is 17.2. The number of amides is 2. The van der Waals surface area contributed by atoms with E-state index in [1.165, 1.54) is 167 Å². The van der Waals surface area contributed by atoms with Crippen molar-refractivity contribution in [3.63, 3.8) is 0 Å². The molecule has 0 unspecified atom stereocenters. The van der Waals surface area contributed by atoms with Gasteiger partial charge in [0.1, 0.15) is 13.1 Å². The second-order valence-corrected chi connectivity index (χ2v) is 18.4. The zero-order valence-electron chi connectivity index (χ0n) is 37.6. The summed E-state index contributed by atoms with van der Waals surface area (Å²) >= 11 is 0. The molecule has 7 nitrogen and oxygen atoms in total. The van der Waals surface area contributed by atoms with E-state index >= 15 is 0 Å². The zero-order valence-corrected chi connectivity index (χ0v) is 37.6. The smallest absolute Gasteiger partial charge is 0.220 e. The minimum absolute atomic E-state index is 0.157. The lowest BCUT2D eigenvalue weighted by atomic mass is 10.0. The zero-order chi connectivity index (χ0) is 40.0. The SMILES string of the molecule is CCCCCCCCCCCCCCCCCC(=O)NCC[N+](C)(C)CC(O)C[N+](C)(C)CCNC(=O)CCCCCCCCCCCCCCCCC. The van der Waals surface area contributed by atoms with Gasteiger partial charge in [-0.15, -0.1) is 0 Å². The van der Waals surface area contributed by atoms with Gasteiger partial charge >= 0.3 is 0 Å². The number of hydrogen-bond donors (Lipinski definition) is 3. The molecule has 0 aliphatic carbocycles. The largest absolute Gasteiger partial charge is 0.382 e. The molecule has 0 fully saturated rings. The summed E-state index contributed by atoms with van der Waals surface area (Å²) in [6.07, 6.45) is 40.8. The molecular formula is C47H98N4O3+2. The number of aliphatic hydroxyl groups excluding tert-OH is 1. The first-order valence-corrected chi connectivity index (χ1v) is 23.9. The van der Waals surface area contributed by atoms with Crippen LogP contribution in [0.5, 0.6) is 0 Å². The average molecular weight is 767 g/mol. The van der Waals surface area contributed by atoms with Gasteiger partial charge in [-0.05, 0) is 12.8 Å². The van der Waals surface area contributed by atoms with Crippen LogP contribution in [0.25, 0.3) is 0 Å². The predicted octanol–water partition coefficient (Wildman–Crippen LogP) is 11.3. The van der Waals surface area contributed by atoms with Gasteiger partial charge in [0, 0.05) is 12.8 Å². The molecule has 2 amide bonds. The maximum atomic E-state index is 12.4. The number of rotatable bonds is 42. The van der Waals surface area contributed by atoms with Gasteiger partial charge in [-0.25, -0.2) is 0 Å². The summed E-state index contributed by atoms with van der Waals surface area (Å²) in [7, 11) is 8.51. The van der Waals surface area contributed by atoms with Crippen molar-refractivity contribution in [3.8, 4) is 0 Å². The number of nitrogens with zero attached hydrogens (tertiary/aromatic N) is 2. The third-order valence-corrected chi connectivity index (χ3v) is 11.5. The van der Waals surface area contributed by atoms with Gasteiger partial charge in [-0.1, -0.05) is 194 Å². The molecule has 0 saturated heterocycles. The molecule has 7 heteroatoms. The van der Waals surface area contributed by atoms with Gasteiger partial charge in [0.15, 0.2) is 6.10 Å². The van der Waals surface area contributed by atoms with Gasteiger partial charge in [0.25, 0.3) is 0 Å². The minimum atomic E-state index is -0.443. The Morgan fingerprint density at radius 2 is 0.630 bits per heavy atom. The van der Waals surface area contributed by atoms with Gasteiger partial charge in [0.05, 0.1) is 54.4 Å². The standard InChI is InChI=1S/C47H96N4O3/c1-7-9-11-13-15-17-19-21-23-25-27-29-31-33-35-37-46(53)48-39-41-50(3,4)43-45(52)44-51(5,6)42-40-49-47(54)38-36-34-32-30-28-26-24-22-20-18-16-14-12-10-8-2/h45,52H,7-44H2,1-6H3/p+2. The Labute approximate surface area is 338 Å².